The summed E-state index contributed by atoms with van der Waals surface area (Å²) in [4.78, 5) is 0. The molecule has 142 valence electrons. The van der Waals surface area contributed by atoms with Crippen LogP contribution in [0.3, 0.4) is 0 Å². The molecular weight excluding hydrogens is 407 g/mol. The van der Waals surface area contributed by atoms with Gasteiger partial charge in [-0.3, -0.25) is 0 Å². The highest BCUT2D eigenvalue weighted by molar-refractivity contribution is 9.09. The molecular formula is C22H24BrFN2O. The molecule has 1 atom stereocenters. The fourth-order valence-corrected chi connectivity index (χ4v) is 4.09. The smallest absolute Gasteiger partial charge is 0.123 e. The molecule has 1 heterocycles. The van der Waals surface area contributed by atoms with E-state index in [4.69, 9.17) is 10.00 Å². The number of unbranched alkanes of at least 4 members (excludes halogenated alkanes) is 1. The van der Waals surface area contributed by atoms with Crippen molar-refractivity contribution in [3.8, 4) is 6.07 Å². The molecule has 1 aliphatic rings. The van der Waals surface area contributed by atoms with Crippen LogP contribution in [0, 0.1) is 17.1 Å². The fourth-order valence-electron chi connectivity index (χ4n) is 3.70. The molecule has 0 spiro atoms. The van der Waals surface area contributed by atoms with E-state index >= 15 is 0 Å². The Kier molecular flexibility index (Phi) is 7.01. The molecule has 0 bridgehead atoms. The molecule has 2 aromatic carbocycles. The number of fused-ring (bicyclic) bond motifs is 1. The van der Waals surface area contributed by atoms with E-state index in [9.17, 15) is 4.39 Å². The van der Waals surface area contributed by atoms with Gasteiger partial charge in [0.2, 0.25) is 0 Å². The number of hydrogen-bond acceptors (Lipinski definition) is 3. The highest BCUT2D eigenvalue weighted by Gasteiger charge is 2.41. The van der Waals surface area contributed by atoms with Gasteiger partial charge in [0.15, 0.2) is 0 Å². The van der Waals surface area contributed by atoms with E-state index in [1.165, 1.54) is 18.6 Å². The molecule has 1 unspecified atom stereocenters. The third-order valence-corrected chi connectivity index (χ3v) is 5.63. The number of ether oxygens (including phenoxy) is 1. The van der Waals surface area contributed by atoms with Crippen LogP contribution in [0.25, 0.3) is 0 Å². The van der Waals surface area contributed by atoms with Crippen molar-refractivity contribution >= 4 is 15.9 Å². The number of halogens is 2. The van der Waals surface area contributed by atoms with Gasteiger partial charge in [0.25, 0.3) is 0 Å². The first-order valence-corrected chi connectivity index (χ1v) is 10.5. The zero-order chi connectivity index (χ0) is 19.1. The zero-order valence-corrected chi connectivity index (χ0v) is 16.9. The third kappa shape index (κ3) is 4.57. The van der Waals surface area contributed by atoms with E-state index in [2.05, 4.69) is 27.3 Å². The maximum atomic E-state index is 13.5. The molecule has 0 aromatic heterocycles. The number of nitriles is 1. The van der Waals surface area contributed by atoms with Crippen molar-refractivity contribution in [2.75, 3.05) is 18.4 Å². The lowest BCUT2D eigenvalue weighted by atomic mass is 9.81. The van der Waals surface area contributed by atoms with Crippen molar-refractivity contribution in [3.63, 3.8) is 0 Å². The Balaban J connectivity index is 1.78. The lowest BCUT2D eigenvalue weighted by molar-refractivity contribution is -0.0129. The van der Waals surface area contributed by atoms with Gasteiger partial charge in [-0.25, -0.2) is 4.39 Å². The van der Waals surface area contributed by atoms with Gasteiger partial charge >= 0.3 is 0 Å². The van der Waals surface area contributed by atoms with Crippen molar-refractivity contribution in [1.82, 2.24) is 5.32 Å². The second-order valence-corrected chi connectivity index (χ2v) is 7.65. The lowest BCUT2D eigenvalue weighted by Crippen LogP contribution is -2.29. The third-order valence-electron chi connectivity index (χ3n) is 5.07. The fraction of sp³-hybridized carbons (Fsp3) is 0.409. The van der Waals surface area contributed by atoms with Crippen molar-refractivity contribution < 1.29 is 9.13 Å². The number of nitrogens with one attached hydrogen (secondary N) is 1. The number of benzene rings is 2. The average Bonchev–Trinajstić information content (AvgIpc) is 3.06. The molecule has 3 rings (SSSR count). The summed E-state index contributed by atoms with van der Waals surface area (Å²) in [5.41, 5.74) is 3.16. The maximum Gasteiger partial charge on any atom is 0.123 e. The normalized spacial score (nSPS) is 18.3. The van der Waals surface area contributed by atoms with Crippen LogP contribution >= 0.6 is 15.9 Å². The van der Waals surface area contributed by atoms with Crippen LogP contribution in [0.15, 0.2) is 42.5 Å². The molecule has 0 radical (unpaired) electrons. The Labute approximate surface area is 168 Å². The van der Waals surface area contributed by atoms with Crippen LogP contribution in [0.1, 0.15) is 47.9 Å². The summed E-state index contributed by atoms with van der Waals surface area (Å²) in [6.45, 7) is 2.40. The van der Waals surface area contributed by atoms with Crippen LogP contribution in [-0.2, 0) is 16.9 Å². The van der Waals surface area contributed by atoms with Gasteiger partial charge in [-0.2, -0.15) is 5.26 Å². The van der Waals surface area contributed by atoms with Gasteiger partial charge in [0, 0.05) is 5.33 Å². The molecule has 0 aliphatic carbocycles. The minimum Gasteiger partial charge on any atom is -0.361 e. The molecule has 5 heteroatoms. The van der Waals surface area contributed by atoms with E-state index in [0.717, 1.165) is 54.4 Å². The predicted molar refractivity (Wildman–Crippen MR) is 108 cm³/mol. The Bertz CT molecular complexity index is 803. The topological polar surface area (TPSA) is 45.0 Å². The molecule has 2 aromatic rings. The zero-order valence-electron chi connectivity index (χ0n) is 15.3. The van der Waals surface area contributed by atoms with Crippen LogP contribution < -0.4 is 5.32 Å². The molecule has 3 nitrogen and oxygen atoms in total. The standard InChI is InChI=1S/C22H24BrFN2O/c23-11-1-2-12-26-13-3-10-22(19-5-7-20(24)8-6-19)21-9-4-17(15-25)14-18(21)16-27-22/h4-9,14,26H,1-3,10-13,16H2. The SMILES string of the molecule is N#Cc1ccc2c(c1)COC2(CCCNCCCCBr)c1ccc(F)cc1. The minimum absolute atomic E-state index is 0.250. The first-order valence-electron chi connectivity index (χ1n) is 9.40. The van der Waals surface area contributed by atoms with Crippen molar-refractivity contribution in [2.45, 2.75) is 37.9 Å². The van der Waals surface area contributed by atoms with Crippen molar-refractivity contribution in [2.24, 2.45) is 0 Å². The Morgan fingerprint density at radius 2 is 1.89 bits per heavy atom. The van der Waals surface area contributed by atoms with Crippen molar-refractivity contribution in [3.05, 3.63) is 70.5 Å². The van der Waals surface area contributed by atoms with Crippen molar-refractivity contribution in [1.29, 1.82) is 5.26 Å². The molecule has 0 amide bonds. The van der Waals surface area contributed by atoms with Gasteiger partial charge in [0.05, 0.1) is 18.2 Å². The van der Waals surface area contributed by atoms with Gasteiger partial charge < -0.3 is 10.1 Å². The summed E-state index contributed by atoms with van der Waals surface area (Å²) in [6, 6.07) is 14.5. The Morgan fingerprint density at radius 1 is 1.11 bits per heavy atom. The summed E-state index contributed by atoms with van der Waals surface area (Å²) < 4.78 is 19.8. The number of nitrogens with zero attached hydrogens (tertiary/aromatic N) is 1. The van der Waals surface area contributed by atoms with Crippen LogP contribution in [0.4, 0.5) is 4.39 Å². The molecule has 0 saturated heterocycles. The number of hydrogen-bond donors (Lipinski definition) is 1. The summed E-state index contributed by atoms with van der Waals surface area (Å²) in [5, 5.41) is 13.7. The van der Waals surface area contributed by atoms with Gasteiger partial charge in [0.1, 0.15) is 11.4 Å². The second-order valence-electron chi connectivity index (χ2n) is 6.86. The molecule has 27 heavy (non-hydrogen) atoms. The number of rotatable bonds is 9. The molecule has 0 fully saturated rings. The number of alkyl halides is 1. The van der Waals surface area contributed by atoms with E-state index < -0.39 is 5.60 Å². The second kappa shape index (κ2) is 9.45. The highest BCUT2D eigenvalue weighted by atomic mass is 79.9. The van der Waals surface area contributed by atoms with Crippen LogP contribution in [0.2, 0.25) is 0 Å². The summed E-state index contributed by atoms with van der Waals surface area (Å²) >= 11 is 3.45. The monoisotopic (exact) mass is 430 g/mol. The first-order chi connectivity index (χ1) is 13.2. The van der Waals surface area contributed by atoms with E-state index in [-0.39, 0.29) is 5.82 Å². The van der Waals surface area contributed by atoms with Crippen LogP contribution in [-0.4, -0.2) is 18.4 Å². The first kappa shape index (κ1) is 20.0. The molecule has 1 N–H and O–H groups in total. The van der Waals surface area contributed by atoms with Crippen LogP contribution in [0.5, 0.6) is 0 Å². The van der Waals surface area contributed by atoms with Gasteiger partial charge in [-0.05, 0) is 79.7 Å². The van der Waals surface area contributed by atoms with Gasteiger partial charge in [-0.15, -0.1) is 0 Å². The van der Waals surface area contributed by atoms with Gasteiger partial charge in [-0.1, -0.05) is 34.1 Å². The van der Waals surface area contributed by atoms with E-state index in [1.807, 2.05) is 30.3 Å². The summed E-state index contributed by atoms with van der Waals surface area (Å²) in [5.74, 6) is -0.250. The Morgan fingerprint density at radius 3 is 2.63 bits per heavy atom. The summed E-state index contributed by atoms with van der Waals surface area (Å²) in [7, 11) is 0. The summed E-state index contributed by atoms with van der Waals surface area (Å²) in [6.07, 6.45) is 4.09. The molecule has 0 saturated carbocycles. The quantitative estimate of drug-likeness (QED) is 0.448. The minimum atomic E-state index is -0.575. The predicted octanol–water partition coefficient (Wildman–Crippen LogP) is 5.02. The highest BCUT2D eigenvalue weighted by Crippen LogP contribution is 2.45. The average molecular weight is 431 g/mol. The van der Waals surface area contributed by atoms with E-state index in [0.29, 0.717) is 12.2 Å². The Hall–Kier alpha value is -1.74. The largest absolute Gasteiger partial charge is 0.361 e. The lowest BCUT2D eigenvalue weighted by Gasteiger charge is -2.30. The molecule has 1 aliphatic heterocycles. The maximum absolute atomic E-state index is 13.5. The van der Waals surface area contributed by atoms with E-state index in [1.54, 1.807) is 0 Å².